The van der Waals surface area contributed by atoms with Gasteiger partial charge in [-0.25, -0.2) is 0 Å². The van der Waals surface area contributed by atoms with E-state index in [1.54, 1.807) is 0 Å². The van der Waals surface area contributed by atoms with E-state index in [1.807, 2.05) is 68.9 Å². The van der Waals surface area contributed by atoms with Crippen molar-refractivity contribution in [2.75, 3.05) is 0 Å². The number of carboxylic acid groups (broad SMARTS) is 1. The molecular formula is C25H54BN2O3S. The lowest BCUT2D eigenvalue weighted by molar-refractivity contribution is -0.144. The van der Waals surface area contributed by atoms with E-state index in [9.17, 15) is 9.90 Å². The predicted molar refractivity (Wildman–Crippen MR) is 145 cm³/mol. The molecule has 191 valence electrons. The maximum absolute atomic E-state index is 11.3. The third-order valence-electron chi connectivity index (χ3n) is 5.95. The predicted octanol–water partition coefficient (Wildman–Crippen LogP) is 6.59. The fraction of sp³-hybridized carbons (Fsp3) is 0.880. The first-order valence-corrected chi connectivity index (χ1v) is 12.8. The zero-order valence-corrected chi connectivity index (χ0v) is 23.6. The van der Waals surface area contributed by atoms with Crippen LogP contribution in [-0.2, 0) is 9.45 Å². The van der Waals surface area contributed by atoms with Gasteiger partial charge >= 0.3 is 5.97 Å². The van der Waals surface area contributed by atoms with Crippen LogP contribution < -0.4 is 11.5 Å². The van der Waals surface area contributed by atoms with E-state index in [-0.39, 0.29) is 16.3 Å². The van der Waals surface area contributed by atoms with Crippen molar-refractivity contribution in [3.63, 3.8) is 0 Å². The number of carboxylic acids is 1. The maximum Gasteiger partial charge on any atom is 0.323 e. The van der Waals surface area contributed by atoms with E-state index in [0.717, 1.165) is 37.7 Å². The molecule has 1 rings (SSSR count). The lowest BCUT2D eigenvalue weighted by Crippen LogP contribution is -2.50. The zero-order chi connectivity index (χ0) is 26.0. The third-order valence-corrected chi connectivity index (χ3v) is 6.49. The third kappa shape index (κ3) is 15.2. The molecule has 0 amide bonds. The average molecular weight is 474 g/mol. The molecule has 0 aromatic heterocycles. The molecule has 5 N–H and O–H groups in total. The molecule has 1 saturated carbocycles. The highest BCUT2D eigenvalue weighted by atomic mass is 32.1. The lowest BCUT2D eigenvalue weighted by atomic mass is 9.80. The van der Waals surface area contributed by atoms with E-state index >= 15 is 0 Å². The van der Waals surface area contributed by atoms with Gasteiger partial charge in [-0.15, -0.1) is 0 Å². The number of thiol groups is 1. The van der Waals surface area contributed by atoms with E-state index in [1.165, 1.54) is 12.8 Å². The van der Waals surface area contributed by atoms with Crippen LogP contribution >= 0.6 is 12.6 Å². The van der Waals surface area contributed by atoms with E-state index in [4.69, 9.17) is 16.1 Å². The van der Waals surface area contributed by atoms with Crippen LogP contribution in [0.25, 0.3) is 0 Å². The van der Waals surface area contributed by atoms with Crippen LogP contribution in [0.4, 0.5) is 0 Å². The van der Waals surface area contributed by atoms with Gasteiger partial charge in [0, 0.05) is 10.4 Å². The molecule has 1 radical (unpaired) electrons. The van der Waals surface area contributed by atoms with Gasteiger partial charge in [-0.1, -0.05) is 65.8 Å². The van der Waals surface area contributed by atoms with Crippen LogP contribution in [0.15, 0.2) is 11.8 Å². The Bertz CT molecular complexity index is 502. The molecule has 0 aromatic rings. The van der Waals surface area contributed by atoms with E-state index in [2.05, 4.69) is 26.5 Å². The molecule has 1 fully saturated rings. The summed E-state index contributed by atoms with van der Waals surface area (Å²) in [6, 6.07) is 0. The highest BCUT2D eigenvalue weighted by Gasteiger charge is 2.45. The number of nitrogens with two attached hydrogens (primary N) is 2. The van der Waals surface area contributed by atoms with Gasteiger partial charge in [-0.2, -0.15) is 12.6 Å². The summed E-state index contributed by atoms with van der Waals surface area (Å²) >= 11 is 4.55. The standard InChI is InChI=1S/C15H29BNO3S.C4H9N.C4H10.C2H6/c1-13(2,14(3,4)21)20-16-10-6-8-11-7-5-9-15(11,17)12(18)19;1-3-4(2)5;1-3-4-2;1-2/h11,21H,5-10,17H2,1-4H3,(H,18,19);3H,5H2,1-2H3;3-4H2,1-2H3;1-2H3/b;4-3+;;. The van der Waals surface area contributed by atoms with Crippen LogP contribution in [0, 0.1) is 5.92 Å². The van der Waals surface area contributed by atoms with Gasteiger partial charge in [0.1, 0.15) is 5.54 Å². The van der Waals surface area contributed by atoms with Crippen molar-refractivity contribution in [2.45, 2.75) is 136 Å². The number of hydrogen-bond donors (Lipinski definition) is 4. The fourth-order valence-electron chi connectivity index (χ4n) is 2.65. The quantitative estimate of drug-likeness (QED) is 0.172. The molecular weight excluding hydrogens is 419 g/mol. The summed E-state index contributed by atoms with van der Waals surface area (Å²) in [5.41, 5.74) is 10.7. The average Bonchev–Trinajstić information content (AvgIpc) is 3.11. The van der Waals surface area contributed by atoms with Gasteiger partial charge < -0.3 is 21.2 Å². The first-order valence-electron chi connectivity index (χ1n) is 12.3. The number of hydrogen-bond acceptors (Lipinski definition) is 5. The van der Waals surface area contributed by atoms with Crippen molar-refractivity contribution in [1.29, 1.82) is 0 Å². The second-order valence-electron chi connectivity index (χ2n) is 9.25. The Labute approximate surface area is 206 Å². The Hall–Kier alpha value is -0.655. The van der Waals surface area contributed by atoms with Gasteiger partial charge in [-0.3, -0.25) is 4.79 Å². The monoisotopic (exact) mass is 473 g/mol. The van der Waals surface area contributed by atoms with Crippen molar-refractivity contribution in [3.8, 4) is 0 Å². The molecule has 0 spiro atoms. The minimum Gasteiger partial charge on any atom is -0.480 e. The second kappa shape index (κ2) is 18.7. The lowest BCUT2D eigenvalue weighted by Gasteiger charge is -2.38. The summed E-state index contributed by atoms with van der Waals surface area (Å²) in [6.07, 6.45) is 9.47. The molecule has 1 aliphatic rings. The zero-order valence-electron chi connectivity index (χ0n) is 22.8. The number of unbranched alkanes of at least 4 members (excludes halogenated alkanes) is 1. The molecule has 0 aromatic carbocycles. The molecule has 0 aliphatic heterocycles. The number of allylic oxidation sites excluding steroid dienone is 2. The largest absolute Gasteiger partial charge is 0.480 e. The van der Waals surface area contributed by atoms with Crippen LogP contribution in [-0.4, -0.2) is 34.4 Å². The van der Waals surface area contributed by atoms with Crippen molar-refractivity contribution in [1.82, 2.24) is 0 Å². The molecule has 5 nitrogen and oxygen atoms in total. The van der Waals surface area contributed by atoms with Crippen LogP contribution in [0.3, 0.4) is 0 Å². The summed E-state index contributed by atoms with van der Waals surface area (Å²) < 4.78 is 5.58. The Balaban J connectivity index is -0.000000637. The highest BCUT2D eigenvalue weighted by molar-refractivity contribution is 7.81. The summed E-state index contributed by atoms with van der Waals surface area (Å²) in [7, 11) is 1.83. The summed E-state index contributed by atoms with van der Waals surface area (Å²) in [5.74, 6) is -0.777. The summed E-state index contributed by atoms with van der Waals surface area (Å²) in [6.45, 7) is 20.2. The van der Waals surface area contributed by atoms with Crippen LogP contribution in [0.1, 0.15) is 114 Å². The van der Waals surface area contributed by atoms with Crippen molar-refractivity contribution >= 4 is 26.1 Å². The molecule has 32 heavy (non-hydrogen) atoms. The first-order chi connectivity index (χ1) is 14.7. The fourth-order valence-corrected chi connectivity index (χ4v) is 2.70. The molecule has 0 bridgehead atoms. The van der Waals surface area contributed by atoms with E-state index in [0.29, 0.717) is 6.42 Å². The first kappa shape index (κ1) is 35.9. The Kier molecular flexibility index (Phi) is 21.0. The van der Waals surface area contributed by atoms with Crippen LogP contribution in [0.2, 0.25) is 6.32 Å². The van der Waals surface area contributed by atoms with Gasteiger partial charge in [0.25, 0.3) is 7.48 Å². The minimum atomic E-state index is -1.02. The molecule has 0 heterocycles. The van der Waals surface area contributed by atoms with Gasteiger partial charge in [0.05, 0.1) is 5.60 Å². The maximum atomic E-state index is 11.3. The topological polar surface area (TPSA) is 98.6 Å². The van der Waals surface area contributed by atoms with Gasteiger partial charge in [0.15, 0.2) is 0 Å². The Morgan fingerprint density at radius 2 is 1.72 bits per heavy atom. The number of rotatable bonds is 9. The van der Waals surface area contributed by atoms with Crippen molar-refractivity contribution in [3.05, 3.63) is 11.8 Å². The number of aliphatic carboxylic acids is 1. The van der Waals surface area contributed by atoms with Crippen LogP contribution in [0.5, 0.6) is 0 Å². The molecule has 2 unspecified atom stereocenters. The minimum absolute atomic E-state index is 0.0812. The SMILES string of the molecule is C/C=C(\C)N.CC.CC(C)(S)C(C)(C)O[B]CCCC1CCCC1(N)C(=O)O.CCCC. The molecule has 2 atom stereocenters. The van der Waals surface area contributed by atoms with Crippen molar-refractivity contribution < 1.29 is 14.6 Å². The summed E-state index contributed by atoms with van der Waals surface area (Å²) in [4.78, 5) is 11.3. The summed E-state index contributed by atoms with van der Waals surface area (Å²) in [5, 5.41) is 9.28. The Morgan fingerprint density at radius 1 is 1.25 bits per heavy atom. The number of carbonyl (C=O) groups is 1. The second-order valence-corrected chi connectivity index (χ2v) is 10.4. The van der Waals surface area contributed by atoms with Gasteiger partial charge in [0.2, 0.25) is 0 Å². The van der Waals surface area contributed by atoms with Gasteiger partial charge in [-0.05, 0) is 66.7 Å². The smallest absolute Gasteiger partial charge is 0.323 e. The molecule has 7 heteroatoms. The normalized spacial score (nSPS) is 20.6. The highest BCUT2D eigenvalue weighted by Crippen LogP contribution is 2.37. The Morgan fingerprint density at radius 3 is 2.06 bits per heavy atom. The molecule has 0 saturated heterocycles. The van der Waals surface area contributed by atoms with Crippen molar-refractivity contribution in [2.24, 2.45) is 17.4 Å². The van der Waals surface area contributed by atoms with E-state index < -0.39 is 11.5 Å². The molecule has 1 aliphatic carbocycles.